The normalized spacial score (nSPS) is 10.9. The number of carbonyl (C=O) groups excluding carboxylic acids is 1. The first kappa shape index (κ1) is 22.7. The second kappa shape index (κ2) is 12.9. The molecule has 0 bridgehead atoms. The third-order valence-corrected chi connectivity index (χ3v) is 4.17. The van der Waals surface area contributed by atoms with E-state index < -0.39 is 0 Å². The number of hydrogen-bond acceptors (Lipinski definition) is 3. The first-order chi connectivity index (χ1) is 12.7. The van der Waals surface area contributed by atoms with Crippen molar-refractivity contribution in [3.8, 4) is 0 Å². The second-order valence-corrected chi connectivity index (χ2v) is 6.32. The van der Waals surface area contributed by atoms with E-state index in [0.29, 0.717) is 11.4 Å². The SMILES string of the molecule is CCCCCCCN=C(N)c1ccc(C(=O)OCc2ccccc2)cc1.Cl. The number of amidine groups is 1. The number of hydrogen-bond donors (Lipinski definition) is 1. The molecule has 146 valence electrons. The summed E-state index contributed by atoms with van der Waals surface area (Å²) < 4.78 is 5.33. The van der Waals surface area contributed by atoms with Crippen molar-refractivity contribution in [1.82, 2.24) is 0 Å². The van der Waals surface area contributed by atoms with Crippen LogP contribution in [0, 0.1) is 0 Å². The molecular formula is C22H29ClN2O2. The lowest BCUT2D eigenvalue weighted by molar-refractivity contribution is 0.0472. The molecule has 0 fully saturated rings. The van der Waals surface area contributed by atoms with E-state index in [1.807, 2.05) is 42.5 Å². The summed E-state index contributed by atoms with van der Waals surface area (Å²) in [6.45, 7) is 3.22. The monoisotopic (exact) mass is 388 g/mol. The number of nitrogens with two attached hydrogens (primary N) is 1. The van der Waals surface area contributed by atoms with Crippen LogP contribution in [0.2, 0.25) is 0 Å². The Morgan fingerprint density at radius 2 is 1.56 bits per heavy atom. The lowest BCUT2D eigenvalue weighted by atomic mass is 10.1. The minimum absolute atomic E-state index is 0. The molecule has 0 heterocycles. The molecule has 0 aliphatic heterocycles. The molecule has 0 saturated heterocycles. The summed E-state index contributed by atoms with van der Waals surface area (Å²) in [7, 11) is 0. The predicted molar refractivity (Wildman–Crippen MR) is 114 cm³/mol. The van der Waals surface area contributed by atoms with Gasteiger partial charge < -0.3 is 10.5 Å². The lowest BCUT2D eigenvalue weighted by Crippen LogP contribution is -2.14. The summed E-state index contributed by atoms with van der Waals surface area (Å²) in [5, 5.41) is 0. The van der Waals surface area contributed by atoms with Gasteiger partial charge in [0.05, 0.1) is 5.56 Å². The summed E-state index contributed by atoms with van der Waals surface area (Å²) in [6.07, 6.45) is 6.03. The van der Waals surface area contributed by atoms with Crippen molar-refractivity contribution < 1.29 is 9.53 Å². The Bertz CT molecular complexity index is 700. The van der Waals surface area contributed by atoms with Crippen LogP contribution in [0.3, 0.4) is 0 Å². The second-order valence-electron chi connectivity index (χ2n) is 6.32. The molecule has 0 radical (unpaired) electrons. The van der Waals surface area contributed by atoms with Crippen molar-refractivity contribution in [2.45, 2.75) is 45.6 Å². The number of ether oxygens (including phenoxy) is 1. The van der Waals surface area contributed by atoms with Gasteiger partial charge in [0.15, 0.2) is 0 Å². The van der Waals surface area contributed by atoms with Gasteiger partial charge in [-0.05, 0) is 24.1 Å². The van der Waals surface area contributed by atoms with Crippen LogP contribution in [0.25, 0.3) is 0 Å². The van der Waals surface area contributed by atoms with Gasteiger partial charge in [-0.1, -0.05) is 75.1 Å². The van der Waals surface area contributed by atoms with E-state index in [9.17, 15) is 4.79 Å². The summed E-state index contributed by atoms with van der Waals surface area (Å²) in [6, 6.07) is 16.7. The summed E-state index contributed by atoms with van der Waals surface area (Å²) in [4.78, 5) is 16.5. The van der Waals surface area contributed by atoms with Crippen LogP contribution in [0.5, 0.6) is 0 Å². The van der Waals surface area contributed by atoms with Crippen LogP contribution in [0.1, 0.15) is 60.5 Å². The van der Waals surface area contributed by atoms with Crippen molar-refractivity contribution in [2.75, 3.05) is 6.54 Å². The van der Waals surface area contributed by atoms with Crippen LogP contribution < -0.4 is 5.73 Å². The van der Waals surface area contributed by atoms with E-state index in [2.05, 4.69) is 11.9 Å². The molecule has 5 heteroatoms. The minimum atomic E-state index is -0.341. The van der Waals surface area contributed by atoms with Gasteiger partial charge in [0.1, 0.15) is 12.4 Å². The van der Waals surface area contributed by atoms with Crippen LogP contribution in [0.15, 0.2) is 59.6 Å². The number of halogens is 1. The van der Waals surface area contributed by atoms with E-state index >= 15 is 0 Å². The Morgan fingerprint density at radius 1 is 0.926 bits per heavy atom. The van der Waals surface area contributed by atoms with Crippen LogP contribution in [-0.4, -0.2) is 18.3 Å². The fraction of sp³-hybridized carbons (Fsp3) is 0.364. The molecule has 0 aromatic heterocycles. The van der Waals surface area contributed by atoms with E-state index in [1.54, 1.807) is 12.1 Å². The Kier molecular flexibility index (Phi) is 10.9. The van der Waals surface area contributed by atoms with Crippen molar-refractivity contribution >= 4 is 24.2 Å². The molecule has 0 spiro atoms. The average molecular weight is 389 g/mol. The summed E-state index contributed by atoms with van der Waals surface area (Å²) in [5.41, 5.74) is 8.34. The zero-order valence-corrected chi connectivity index (χ0v) is 16.7. The fourth-order valence-electron chi connectivity index (χ4n) is 2.59. The Hall–Kier alpha value is -2.33. The smallest absolute Gasteiger partial charge is 0.338 e. The zero-order valence-electron chi connectivity index (χ0n) is 15.9. The molecule has 0 aliphatic carbocycles. The van der Waals surface area contributed by atoms with Gasteiger partial charge in [0.25, 0.3) is 0 Å². The van der Waals surface area contributed by atoms with Crippen molar-refractivity contribution in [1.29, 1.82) is 0 Å². The topological polar surface area (TPSA) is 64.7 Å². The molecule has 0 atom stereocenters. The molecule has 2 rings (SSSR count). The maximum absolute atomic E-state index is 12.1. The van der Waals surface area contributed by atoms with E-state index in [1.165, 1.54) is 25.7 Å². The van der Waals surface area contributed by atoms with E-state index in [4.69, 9.17) is 10.5 Å². The molecule has 0 unspecified atom stereocenters. The predicted octanol–water partition coefficient (Wildman–Crippen LogP) is 5.14. The number of aliphatic imine (C=N–C) groups is 1. The zero-order chi connectivity index (χ0) is 18.6. The first-order valence-corrected chi connectivity index (χ1v) is 9.32. The summed E-state index contributed by atoms with van der Waals surface area (Å²) >= 11 is 0. The Balaban J connectivity index is 0.00000364. The lowest BCUT2D eigenvalue weighted by Gasteiger charge is -2.06. The van der Waals surface area contributed by atoms with Crippen LogP contribution in [0.4, 0.5) is 0 Å². The highest BCUT2D eigenvalue weighted by atomic mass is 35.5. The molecule has 2 aromatic rings. The van der Waals surface area contributed by atoms with Gasteiger partial charge in [-0.3, -0.25) is 4.99 Å². The van der Waals surface area contributed by atoms with Gasteiger partial charge in [0.2, 0.25) is 0 Å². The van der Waals surface area contributed by atoms with Gasteiger partial charge >= 0.3 is 5.97 Å². The largest absolute Gasteiger partial charge is 0.457 e. The number of benzene rings is 2. The molecule has 0 amide bonds. The number of carbonyl (C=O) groups is 1. The third-order valence-electron chi connectivity index (χ3n) is 4.17. The van der Waals surface area contributed by atoms with Gasteiger partial charge in [-0.2, -0.15) is 0 Å². The molecule has 27 heavy (non-hydrogen) atoms. The minimum Gasteiger partial charge on any atom is -0.457 e. The molecule has 0 aliphatic rings. The first-order valence-electron chi connectivity index (χ1n) is 9.32. The maximum Gasteiger partial charge on any atom is 0.338 e. The van der Waals surface area contributed by atoms with Crippen molar-refractivity contribution in [2.24, 2.45) is 10.7 Å². The number of rotatable bonds is 10. The van der Waals surface area contributed by atoms with Gasteiger partial charge in [-0.25, -0.2) is 4.79 Å². The standard InChI is InChI=1S/C22H28N2O2.ClH/c1-2-3-4-5-9-16-24-21(23)19-12-14-20(15-13-19)22(25)26-17-18-10-7-6-8-11-18;/h6-8,10-15H,2-5,9,16-17H2,1H3,(H2,23,24);1H. The average Bonchev–Trinajstić information content (AvgIpc) is 2.69. The highest BCUT2D eigenvalue weighted by Gasteiger charge is 2.08. The van der Waals surface area contributed by atoms with Gasteiger partial charge in [-0.15, -0.1) is 12.4 Å². The number of nitrogens with zero attached hydrogens (tertiary/aromatic N) is 1. The molecule has 4 nitrogen and oxygen atoms in total. The van der Waals surface area contributed by atoms with Crippen molar-refractivity contribution in [3.63, 3.8) is 0 Å². The molecule has 2 aromatic carbocycles. The molecule has 0 saturated carbocycles. The maximum atomic E-state index is 12.1. The highest BCUT2D eigenvalue weighted by Crippen LogP contribution is 2.09. The highest BCUT2D eigenvalue weighted by molar-refractivity contribution is 5.98. The quantitative estimate of drug-likeness (QED) is 0.265. The summed E-state index contributed by atoms with van der Waals surface area (Å²) in [5.74, 6) is 0.177. The Morgan fingerprint density at radius 3 is 2.22 bits per heavy atom. The molecular weight excluding hydrogens is 360 g/mol. The molecule has 2 N–H and O–H groups in total. The van der Waals surface area contributed by atoms with E-state index in [-0.39, 0.29) is 25.0 Å². The number of esters is 1. The fourth-order valence-corrected chi connectivity index (χ4v) is 2.59. The van der Waals surface area contributed by atoms with E-state index in [0.717, 1.165) is 24.1 Å². The Labute approximate surface area is 168 Å². The van der Waals surface area contributed by atoms with Crippen LogP contribution >= 0.6 is 12.4 Å². The number of unbranched alkanes of at least 4 members (excludes halogenated alkanes) is 4. The van der Waals surface area contributed by atoms with Gasteiger partial charge in [0, 0.05) is 12.1 Å². The third kappa shape index (κ3) is 8.27. The van der Waals surface area contributed by atoms with Crippen LogP contribution in [-0.2, 0) is 11.3 Å². The van der Waals surface area contributed by atoms with Crippen molar-refractivity contribution in [3.05, 3.63) is 71.3 Å².